The van der Waals surface area contributed by atoms with Crippen molar-refractivity contribution in [1.82, 2.24) is 14.6 Å². The van der Waals surface area contributed by atoms with Crippen LogP contribution in [0.1, 0.15) is 24.0 Å². The van der Waals surface area contributed by atoms with E-state index >= 15 is 0 Å². The summed E-state index contributed by atoms with van der Waals surface area (Å²) in [6.45, 7) is 2.69. The molecule has 1 saturated heterocycles. The van der Waals surface area contributed by atoms with Crippen molar-refractivity contribution in [2.45, 2.75) is 29.9 Å². The zero-order chi connectivity index (χ0) is 22.3. The molecule has 2 aliphatic rings. The predicted molar refractivity (Wildman–Crippen MR) is 125 cm³/mol. The third-order valence-electron chi connectivity index (χ3n) is 7.29. The molecule has 2 fully saturated rings. The molecule has 3 aromatic rings. The Morgan fingerprint density at radius 1 is 1.09 bits per heavy atom. The average molecular weight is 452 g/mol. The number of sulfonamides is 1. The van der Waals surface area contributed by atoms with E-state index in [1.807, 2.05) is 36.5 Å². The Balaban J connectivity index is 1.41. The number of benzene rings is 2. The first kappa shape index (κ1) is 21.5. The summed E-state index contributed by atoms with van der Waals surface area (Å²) in [6.07, 6.45) is 4.14. The van der Waals surface area contributed by atoms with Crippen molar-refractivity contribution in [1.29, 1.82) is 0 Å². The normalized spacial score (nSPS) is 25.9. The van der Waals surface area contributed by atoms with E-state index in [9.17, 15) is 8.42 Å². The van der Waals surface area contributed by atoms with Crippen LogP contribution in [0.5, 0.6) is 0 Å². The van der Waals surface area contributed by atoms with Gasteiger partial charge in [-0.05, 0) is 55.3 Å². The smallest absolute Gasteiger partial charge is 0.240 e. The van der Waals surface area contributed by atoms with Crippen molar-refractivity contribution in [2.75, 3.05) is 27.2 Å². The summed E-state index contributed by atoms with van der Waals surface area (Å²) in [4.78, 5) is 7.41. The van der Waals surface area contributed by atoms with Gasteiger partial charge >= 0.3 is 0 Å². The Morgan fingerprint density at radius 2 is 1.84 bits per heavy atom. The molecule has 2 aromatic carbocycles. The molecule has 2 unspecified atom stereocenters. The molecule has 1 aromatic heterocycles. The second-order valence-electron chi connectivity index (χ2n) is 8.93. The molecule has 2 atom stereocenters. The number of rotatable bonds is 6. The van der Waals surface area contributed by atoms with Crippen LogP contribution in [0.25, 0.3) is 10.9 Å². The molecule has 32 heavy (non-hydrogen) atoms. The first-order valence-electron chi connectivity index (χ1n) is 11.1. The van der Waals surface area contributed by atoms with Crippen LogP contribution < -0.4 is 4.72 Å². The van der Waals surface area contributed by atoms with E-state index in [0.717, 1.165) is 43.6 Å². The minimum atomic E-state index is -3.50. The summed E-state index contributed by atoms with van der Waals surface area (Å²) in [5, 5.41) is 1.17. The maximum absolute atomic E-state index is 12.4. The largest absolute Gasteiger partial charge is 0.373 e. The topological polar surface area (TPSA) is 71.5 Å². The predicted octanol–water partition coefficient (Wildman–Crippen LogP) is 3.53. The number of nitrogens with zero attached hydrogens (tertiary/aromatic N) is 2. The number of para-hydroxylation sites is 1. The van der Waals surface area contributed by atoms with Crippen molar-refractivity contribution in [3.05, 3.63) is 71.9 Å². The number of pyridine rings is 1. The molecule has 168 valence electrons. The van der Waals surface area contributed by atoms with Crippen LogP contribution in [-0.4, -0.2) is 45.5 Å². The van der Waals surface area contributed by atoms with Gasteiger partial charge in [0.1, 0.15) is 5.60 Å². The van der Waals surface area contributed by atoms with Crippen molar-refractivity contribution in [3.8, 4) is 0 Å². The van der Waals surface area contributed by atoms with Crippen LogP contribution in [0.3, 0.4) is 0 Å². The van der Waals surface area contributed by atoms with Crippen LogP contribution in [-0.2, 0) is 26.9 Å². The molecule has 0 radical (unpaired) electrons. The van der Waals surface area contributed by atoms with Crippen LogP contribution in [0.15, 0.2) is 65.7 Å². The summed E-state index contributed by atoms with van der Waals surface area (Å²) in [5.41, 5.74) is 2.76. The molecule has 7 heteroatoms. The number of hydrogen-bond acceptors (Lipinski definition) is 5. The molecule has 1 saturated carbocycles. The quantitative estimate of drug-likeness (QED) is 0.621. The van der Waals surface area contributed by atoms with E-state index in [-0.39, 0.29) is 4.90 Å². The average Bonchev–Trinajstić information content (AvgIpc) is 3.02. The van der Waals surface area contributed by atoms with Gasteiger partial charge < -0.3 is 4.74 Å². The van der Waals surface area contributed by atoms with E-state index < -0.39 is 15.6 Å². The van der Waals surface area contributed by atoms with Gasteiger partial charge in [0, 0.05) is 50.2 Å². The SMILES string of the molecule is CNS(=O)(=O)c1cccc(C2(OC)C3CCC2CN(Cc2cnc4ccccc4c2)C3)c1. The fourth-order valence-corrected chi connectivity index (χ4v) is 6.63. The number of fused-ring (bicyclic) bond motifs is 3. The van der Waals surface area contributed by atoms with Crippen molar-refractivity contribution < 1.29 is 13.2 Å². The van der Waals surface area contributed by atoms with Gasteiger partial charge in [-0.1, -0.05) is 30.3 Å². The van der Waals surface area contributed by atoms with E-state index in [1.165, 1.54) is 18.0 Å². The molecule has 5 rings (SSSR count). The Labute approximate surface area is 189 Å². The second-order valence-corrected chi connectivity index (χ2v) is 10.8. The van der Waals surface area contributed by atoms with Gasteiger partial charge in [-0.3, -0.25) is 9.88 Å². The Morgan fingerprint density at radius 3 is 2.56 bits per heavy atom. The maximum atomic E-state index is 12.4. The molecule has 2 bridgehead atoms. The van der Waals surface area contributed by atoms with Crippen LogP contribution in [0, 0.1) is 11.8 Å². The zero-order valence-corrected chi connectivity index (χ0v) is 19.3. The number of methoxy groups -OCH3 is 1. The van der Waals surface area contributed by atoms with Gasteiger partial charge in [0.2, 0.25) is 10.0 Å². The highest BCUT2D eigenvalue weighted by atomic mass is 32.2. The van der Waals surface area contributed by atoms with E-state index in [2.05, 4.69) is 26.7 Å². The minimum Gasteiger partial charge on any atom is -0.373 e. The number of piperidine rings is 1. The van der Waals surface area contributed by atoms with E-state index in [0.29, 0.717) is 11.8 Å². The third-order valence-corrected chi connectivity index (χ3v) is 8.70. The second kappa shape index (κ2) is 8.23. The highest BCUT2D eigenvalue weighted by Gasteiger charge is 2.55. The highest BCUT2D eigenvalue weighted by molar-refractivity contribution is 7.89. The van der Waals surface area contributed by atoms with Gasteiger partial charge in [-0.2, -0.15) is 0 Å². The van der Waals surface area contributed by atoms with Gasteiger partial charge in [-0.15, -0.1) is 0 Å². The summed E-state index contributed by atoms with van der Waals surface area (Å²) in [6, 6.07) is 17.7. The van der Waals surface area contributed by atoms with E-state index in [4.69, 9.17) is 4.74 Å². The van der Waals surface area contributed by atoms with Crippen LogP contribution >= 0.6 is 0 Å². The fraction of sp³-hybridized carbons (Fsp3) is 0.400. The number of ether oxygens (including phenoxy) is 1. The van der Waals surface area contributed by atoms with Gasteiger partial charge in [0.25, 0.3) is 0 Å². The maximum Gasteiger partial charge on any atom is 0.240 e. The summed E-state index contributed by atoms with van der Waals surface area (Å²) in [7, 11) is -0.288. The summed E-state index contributed by atoms with van der Waals surface area (Å²) in [5.74, 6) is 0.624. The molecule has 6 nitrogen and oxygen atoms in total. The summed E-state index contributed by atoms with van der Waals surface area (Å²) < 4.78 is 33.5. The lowest BCUT2D eigenvalue weighted by Crippen LogP contribution is -2.52. The first-order valence-corrected chi connectivity index (χ1v) is 12.6. The molecule has 0 spiro atoms. The van der Waals surface area contributed by atoms with Crippen LogP contribution in [0.4, 0.5) is 0 Å². The van der Waals surface area contributed by atoms with Gasteiger partial charge in [0.05, 0.1) is 10.4 Å². The monoisotopic (exact) mass is 451 g/mol. The Kier molecular flexibility index (Phi) is 5.53. The fourth-order valence-electron chi connectivity index (χ4n) is 5.85. The lowest BCUT2D eigenvalue weighted by Gasteiger charge is -2.47. The number of likely N-dealkylation sites (tertiary alicyclic amines) is 1. The lowest BCUT2D eigenvalue weighted by molar-refractivity contribution is -0.120. The lowest BCUT2D eigenvalue weighted by atomic mass is 9.75. The Hall–Kier alpha value is -2.32. The van der Waals surface area contributed by atoms with E-state index in [1.54, 1.807) is 19.2 Å². The third kappa shape index (κ3) is 3.53. The minimum absolute atomic E-state index is 0.290. The molecular formula is C25H29N3O3S. The standard InChI is InChI=1S/C25H29N3O3S/c1-26-32(29,30)23-8-5-7-20(13-23)25(31-2)21-10-11-22(25)17-28(16-21)15-18-12-19-6-3-4-9-24(19)27-14-18/h3-9,12-14,21-22,26H,10-11,15-17H2,1-2H3. The van der Waals surface area contributed by atoms with Crippen LogP contribution in [0.2, 0.25) is 0 Å². The molecule has 0 amide bonds. The first-order chi connectivity index (χ1) is 15.5. The van der Waals surface area contributed by atoms with Gasteiger partial charge in [0.15, 0.2) is 0 Å². The molecule has 1 N–H and O–H groups in total. The molecule has 1 aliphatic heterocycles. The molecule has 2 heterocycles. The van der Waals surface area contributed by atoms with Gasteiger partial charge in [-0.25, -0.2) is 13.1 Å². The number of aromatic nitrogens is 1. The van der Waals surface area contributed by atoms with Crippen molar-refractivity contribution in [2.24, 2.45) is 11.8 Å². The number of hydrogen-bond donors (Lipinski definition) is 1. The zero-order valence-electron chi connectivity index (χ0n) is 18.5. The Bertz CT molecular complexity index is 1230. The van der Waals surface area contributed by atoms with Crippen molar-refractivity contribution in [3.63, 3.8) is 0 Å². The highest BCUT2D eigenvalue weighted by Crippen LogP contribution is 2.54. The molecular weight excluding hydrogens is 422 g/mol. The summed E-state index contributed by atoms with van der Waals surface area (Å²) >= 11 is 0. The number of nitrogens with one attached hydrogen (secondary N) is 1. The molecule has 1 aliphatic carbocycles. The van der Waals surface area contributed by atoms with Crippen molar-refractivity contribution >= 4 is 20.9 Å².